The molecule has 108 valence electrons. The number of nitrogens with zero attached hydrogens (tertiary/aromatic N) is 1. The van der Waals surface area contributed by atoms with Crippen LogP contribution in [0.3, 0.4) is 0 Å². The summed E-state index contributed by atoms with van der Waals surface area (Å²) in [6.07, 6.45) is 3.20. The topological polar surface area (TPSA) is 46.3 Å². The second kappa shape index (κ2) is 4.97. The molecule has 0 spiro atoms. The first-order chi connectivity index (χ1) is 9.47. The molecule has 3 nitrogen and oxygen atoms in total. The van der Waals surface area contributed by atoms with Gasteiger partial charge in [-0.25, -0.2) is 8.78 Å². The smallest absolute Gasteiger partial charge is 0.257 e. The Hall–Kier alpha value is -1.20. The van der Waals surface area contributed by atoms with E-state index in [2.05, 4.69) is 0 Å². The maximum absolute atomic E-state index is 13.9. The number of fused-ring (bicyclic) bond motifs is 2. The number of rotatable bonds is 1. The summed E-state index contributed by atoms with van der Waals surface area (Å²) in [5.74, 6) is -2.02. The lowest BCUT2D eigenvalue weighted by Crippen LogP contribution is -2.50. The van der Waals surface area contributed by atoms with Crippen LogP contribution in [0.2, 0.25) is 5.02 Å². The van der Waals surface area contributed by atoms with Crippen LogP contribution in [0.15, 0.2) is 12.1 Å². The zero-order chi connectivity index (χ0) is 14.4. The quantitative estimate of drug-likeness (QED) is 0.811. The van der Waals surface area contributed by atoms with E-state index in [-0.39, 0.29) is 28.7 Å². The zero-order valence-corrected chi connectivity index (χ0v) is 11.5. The summed E-state index contributed by atoms with van der Waals surface area (Å²) in [6.45, 7) is 0. The number of hydrogen-bond donors (Lipinski definition) is 1. The number of benzene rings is 1. The minimum absolute atomic E-state index is 0.0365. The first-order valence-corrected chi connectivity index (χ1v) is 7.08. The predicted molar refractivity (Wildman–Crippen MR) is 71.6 cm³/mol. The number of halogens is 3. The van der Waals surface area contributed by atoms with E-state index >= 15 is 0 Å². The molecule has 2 aliphatic rings. The van der Waals surface area contributed by atoms with Crippen LogP contribution in [0.4, 0.5) is 8.78 Å². The molecule has 2 unspecified atom stereocenters. The molecule has 0 saturated carbocycles. The predicted octanol–water partition coefficient (Wildman–Crippen LogP) is 2.71. The molecule has 2 N–H and O–H groups in total. The van der Waals surface area contributed by atoms with Crippen molar-refractivity contribution in [2.45, 2.75) is 43.8 Å². The van der Waals surface area contributed by atoms with Gasteiger partial charge in [-0.3, -0.25) is 4.79 Å². The second-order valence-corrected chi connectivity index (χ2v) is 5.98. The fourth-order valence-corrected chi connectivity index (χ4v) is 3.53. The van der Waals surface area contributed by atoms with Gasteiger partial charge < -0.3 is 10.6 Å². The summed E-state index contributed by atoms with van der Waals surface area (Å²) in [6, 6.07) is 1.89. The van der Waals surface area contributed by atoms with Crippen molar-refractivity contribution in [3.05, 3.63) is 34.4 Å². The van der Waals surface area contributed by atoms with Crippen molar-refractivity contribution in [3.63, 3.8) is 0 Å². The lowest BCUT2D eigenvalue weighted by atomic mass is 9.97. The van der Waals surface area contributed by atoms with Crippen LogP contribution in [0.25, 0.3) is 0 Å². The van der Waals surface area contributed by atoms with Crippen molar-refractivity contribution in [2.24, 2.45) is 5.73 Å². The number of amides is 1. The zero-order valence-electron chi connectivity index (χ0n) is 10.8. The van der Waals surface area contributed by atoms with Gasteiger partial charge >= 0.3 is 0 Å². The molecule has 2 saturated heterocycles. The SMILES string of the molecule is NC1CC2CCC(C1)N2C(=O)c1cc(F)c(Cl)cc1F. The van der Waals surface area contributed by atoms with Crippen LogP contribution in [-0.2, 0) is 0 Å². The van der Waals surface area contributed by atoms with Crippen molar-refractivity contribution >= 4 is 17.5 Å². The molecule has 1 aromatic carbocycles. The van der Waals surface area contributed by atoms with Gasteiger partial charge in [-0.05, 0) is 37.8 Å². The molecule has 6 heteroatoms. The molecule has 0 aromatic heterocycles. The van der Waals surface area contributed by atoms with E-state index in [1.54, 1.807) is 4.90 Å². The molecule has 0 aliphatic carbocycles. The van der Waals surface area contributed by atoms with Crippen molar-refractivity contribution < 1.29 is 13.6 Å². The third-order valence-electron chi connectivity index (χ3n) is 4.24. The highest BCUT2D eigenvalue weighted by Crippen LogP contribution is 2.36. The molecule has 1 aromatic rings. The van der Waals surface area contributed by atoms with Gasteiger partial charge in [0.25, 0.3) is 5.91 Å². The molecular weight excluding hydrogens is 286 g/mol. The monoisotopic (exact) mass is 300 g/mol. The van der Waals surface area contributed by atoms with Crippen LogP contribution in [-0.4, -0.2) is 28.9 Å². The van der Waals surface area contributed by atoms with E-state index in [4.69, 9.17) is 17.3 Å². The van der Waals surface area contributed by atoms with Crippen LogP contribution in [0.1, 0.15) is 36.0 Å². The molecular formula is C14H15ClF2N2O. The van der Waals surface area contributed by atoms with Gasteiger partial charge in [0.2, 0.25) is 0 Å². The van der Waals surface area contributed by atoms with E-state index in [1.807, 2.05) is 0 Å². The fraction of sp³-hybridized carbons (Fsp3) is 0.500. The molecule has 2 fully saturated rings. The van der Waals surface area contributed by atoms with Gasteiger partial charge in [0.15, 0.2) is 0 Å². The standard InChI is InChI=1S/C14H15ClF2N2O/c15-11-6-12(16)10(5-13(11)17)14(20)19-8-1-2-9(19)4-7(18)3-8/h5-9H,1-4,18H2. The van der Waals surface area contributed by atoms with Crippen molar-refractivity contribution in [1.82, 2.24) is 4.90 Å². The Balaban J connectivity index is 1.92. The Morgan fingerprint density at radius 2 is 1.80 bits per heavy atom. The Morgan fingerprint density at radius 1 is 1.20 bits per heavy atom. The highest BCUT2D eigenvalue weighted by atomic mass is 35.5. The maximum atomic E-state index is 13.9. The molecule has 3 rings (SSSR count). The van der Waals surface area contributed by atoms with Crippen molar-refractivity contribution in [1.29, 1.82) is 0 Å². The summed E-state index contributed by atoms with van der Waals surface area (Å²) in [4.78, 5) is 14.2. The Kier molecular flexibility index (Phi) is 3.42. The number of hydrogen-bond acceptors (Lipinski definition) is 2. The van der Waals surface area contributed by atoms with E-state index in [0.29, 0.717) is 0 Å². The second-order valence-electron chi connectivity index (χ2n) is 5.58. The lowest BCUT2D eigenvalue weighted by Gasteiger charge is -2.37. The van der Waals surface area contributed by atoms with Gasteiger partial charge in [0.05, 0.1) is 10.6 Å². The van der Waals surface area contributed by atoms with Gasteiger partial charge in [-0.1, -0.05) is 11.6 Å². The van der Waals surface area contributed by atoms with Crippen LogP contribution >= 0.6 is 11.6 Å². The summed E-state index contributed by atoms with van der Waals surface area (Å²) < 4.78 is 27.3. The summed E-state index contributed by atoms with van der Waals surface area (Å²) in [5.41, 5.74) is 5.69. The third kappa shape index (κ3) is 2.19. The maximum Gasteiger partial charge on any atom is 0.257 e. The Morgan fingerprint density at radius 3 is 2.40 bits per heavy atom. The summed E-state index contributed by atoms with van der Waals surface area (Å²) in [7, 11) is 0. The number of carbonyl (C=O) groups is 1. The van der Waals surface area contributed by atoms with E-state index in [0.717, 1.165) is 37.8 Å². The number of carbonyl (C=O) groups excluding carboxylic acids is 1. The fourth-order valence-electron chi connectivity index (χ4n) is 3.38. The van der Waals surface area contributed by atoms with E-state index in [1.165, 1.54) is 0 Å². The van der Waals surface area contributed by atoms with Crippen molar-refractivity contribution in [2.75, 3.05) is 0 Å². The summed E-state index contributed by atoms with van der Waals surface area (Å²) >= 11 is 5.51. The van der Waals surface area contributed by atoms with Crippen molar-refractivity contribution in [3.8, 4) is 0 Å². The highest BCUT2D eigenvalue weighted by molar-refractivity contribution is 6.30. The van der Waals surface area contributed by atoms with Crippen LogP contribution in [0.5, 0.6) is 0 Å². The van der Waals surface area contributed by atoms with Gasteiger partial charge in [0, 0.05) is 18.1 Å². The molecule has 20 heavy (non-hydrogen) atoms. The van der Waals surface area contributed by atoms with Gasteiger partial charge in [0.1, 0.15) is 11.6 Å². The minimum Gasteiger partial charge on any atom is -0.332 e. The lowest BCUT2D eigenvalue weighted by molar-refractivity contribution is 0.0570. The van der Waals surface area contributed by atoms with Gasteiger partial charge in [-0.15, -0.1) is 0 Å². The molecule has 2 atom stereocenters. The Labute approximate surface area is 120 Å². The molecule has 1 amide bonds. The normalized spacial score (nSPS) is 28.8. The van der Waals surface area contributed by atoms with Crippen LogP contribution in [0, 0.1) is 11.6 Å². The molecule has 0 radical (unpaired) electrons. The highest BCUT2D eigenvalue weighted by Gasteiger charge is 2.43. The first-order valence-electron chi connectivity index (χ1n) is 6.70. The van der Waals surface area contributed by atoms with E-state index < -0.39 is 17.5 Å². The van der Waals surface area contributed by atoms with Crippen LogP contribution < -0.4 is 5.73 Å². The van der Waals surface area contributed by atoms with Gasteiger partial charge in [-0.2, -0.15) is 0 Å². The molecule has 2 aliphatic heterocycles. The third-order valence-corrected chi connectivity index (χ3v) is 4.53. The first kappa shape index (κ1) is 13.8. The summed E-state index contributed by atoms with van der Waals surface area (Å²) in [5, 5.41) is -0.317. The average molecular weight is 301 g/mol. The Bertz CT molecular complexity index is 552. The molecule has 2 bridgehead atoms. The largest absolute Gasteiger partial charge is 0.332 e. The van der Waals surface area contributed by atoms with E-state index in [9.17, 15) is 13.6 Å². The number of piperidine rings is 1. The number of nitrogens with two attached hydrogens (primary N) is 1. The molecule has 2 heterocycles. The minimum atomic E-state index is -0.782. The average Bonchev–Trinajstić information content (AvgIpc) is 2.65.